The predicted molar refractivity (Wildman–Crippen MR) is 79.9 cm³/mol. The highest BCUT2D eigenvalue weighted by Crippen LogP contribution is 2.14. The van der Waals surface area contributed by atoms with Crippen molar-refractivity contribution in [1.29, 1.82) is 0 Å². The first-order chi connectivity index (χ1) is 9.74. The summed E-state index contributed by atoms with van der Waals surface area (Å²) in [6.07, 6.45) is 0.990. The average Bonchev–Trinajstić information content (AvgIpc) is 2.92. The number of nitrogen functional groups attached to an aromatic ring is 1. The van der Waals surface area contributed by atoms with Crippen molar-refractivity contribution in [1.82, 2.24) is 0 Å². The van der Waals surface area contributed by atoms with Crippen molar-refractivity contribution in [2.24, 2.45) is 0 Å². The van der Waals surface area contributed by atoms with Crippen LogP contribution in [0.1, 0.15) is 12.0 Å². The topological polar surface area (TPSA) is 61.5 Å². The van der Waals surface area contributed by atoms with Crippen LogP contribution < -0.4 is 10.5 Å². The number of esters is 1. The summed E-state index contributed by atoms with van der Waals surface area (Å²) < 4.78 is 10.6. The normalized spacial score (nSPS) is 10.2. The van der Waals surface area contributed by atoms with Crippen LogP contribution >= 0.6 is 11.3 Å². The third-order valence-corrected chi connectivity index (χ3v) is 3.40. The zero-order chi connectivity index (χ0) is 14.2. The van der Waals surface area contributed by atoms with Gasteiger partial charge in [0.05, 0.1) is 19.6 Å². The van der Waals surface area contributed by atoms with Gasteiger partial charge in [0.1, 0.15) is 5.75 Å². The van der Waals surface area contributed by atoms with Crippen molar-refractivity contribution in [3.05, 3.63) is 46.7 Å². The van der Waals surface area contributed by atoms with Crippen LogP contribution in [0.25, 0.3) is 0 Å². The quantitative estimate of drug-likeness (QED) is 0.629. The first-order valence-electron chi connectivity index (χ1n) is 6.39. The summed E-state index contributed by atoms with van der Waals surface area (Å²) in [5.41, 5.74) is 7.46. The van der Waals surface area contributed by atoms with Gasteiger partial charge in [0.15, 0.2) is 0 Å². The fourth-order valence-corrected chi connectivity index (χ4v) is 2.35. The highest BCUT2D eigenvalue weighted by Gasteiger charge is 2.04. The summed E-state index contributed by atoms with van der Waals surface area (Å²) in [6.45, 7) is 0.703. The standard InChI is InChI=1S/C15H17NO3S/c16-13-2-1-3-14(10-13)18-8-5-15(17)19-7-4-12-6-9-20-11-12/h1-3,6,9-11H,4-5,7-8,16H2. The molecule has 0 fully saturated rings. The minimum absolute atomic E-state index is 0.235. The van der Waals surface area contributed by atoms with E-state index in [0.717, 1.165) is 6.42 Å². The molecule has 0 radical (unpaired) electrons. The largest absolute Gasteiger partial charge is 0.493 e. The molecule has 0 aliphatic rings. The Bertz CT molecular complexity index is 540. The Morgan fingerprint density at radius 2 is 2.15 bits per heavy atom. The van der Waals surface area contributed by atoms with E-state index in [1.165, 1.54) is 5.56 Å². The first-order valence-corrected chi connectivity index (χ1v) is 7.33. The zero-order valence-electron chi connectivity index (χ0n) is 11.1. The number of thiophene rings is 1. The lowest BCUT2D eigenvalue weighted by molar-refractivity contribution is -0.144. The van der Waals surface area contributed by atoms with Crippen LogP contribution in [0, 0.1) is 0 Å². The fraction of sp³-hybridized carbons (Fsp3) is 0.267. The molecule has 0 saturated heterocycles. The van der Waals surface area contributed by atoms with Crippen molar-refractivity contribution < 1.29 is 14.3 Å². The molecule has 0 spiro atoms. The van der Waals surface area contributed by atoms with E-state index in [0.29, 0.717) is 24.7 Å². The SMILES string of the molecule is Nc1cccc(OCCC(=O)OCCc2ccsc2)c1. The molecule has 106 valence electrons. The van der Waals surface area contributed by atoms with Crippen LogP contribution in [0.3, 0.4) is 0 Å². The Labute approximate surface area is 122 Å². The van der Waals surface area contributed by atoms with Gasteiger partial charge < -0.3 is 15.2 Å². The second-order valence-electron chi connectivity index (χ2n) is 4.27. The molecule has 1 aromatic heterocycles. The van der Waals surface area contributed by atoms with Gasteiger partial charge in [-0.2, -0.15) is 11.3 Å². The predicted octanol–water partition coefficient (Wildman–Crippen LogP) is 2.89. The second kappa shape index (κ2) is 7.55. The van der Waals surface area contributed by atoms with E-state index >= 15 is 0 Å². The second-order valence-corrected chi connectivity index (χ2v) is 5.05. The van der Waals surface area contributed by atoms with E-state index in [2.05, 4.69) is 5.38 Å². The molecular weight excluding hydrogens is 274 g/mol. The third kappa shape index (κ3) is 4.93. The highest BCUT2D eigenvalue weighted by atomic mass is 32.1. The van der Waals surface area contributed by atoms with Crippen LogP contribution in [-0.2, 0) is 16.0 Å². The highest BCUT2D eigenvalue weighted by molar-refractivity contribution is 7.07. The van der Waals surface area contributed by atoms with Crippen molar-refractivity contribution in [2.45, 2.75) is 12.8 Å². The summed E-state index contributed by atoms with van der Waals surface area (Å²) in [4.78, 5) is 11.5. The van der Waals surface area contributed by atoms with Crippen molar-refractivity contribution in [3.63, 3.8) is 0 Å². The molecule has 0 saturated carbocycles. The Hall–Kier alpha value is -2.01. The van der Waals surface area contributed by atoms with E-state index in [1.54, 1.807) is 29.5 Å². The molecule has 1 aromatic carbocycles. The molecule has 2 aromatic rings. The molecule has 0 atom stereocenters. The number of ether oxygens (including phenoxy) is 2. The summed E-state index contributed by atoms with van der Waals surface area (Å²) in [7, 11) is 0. The van der Waals surface area contributed by atoms with Gasteiger partial charge in [-0.05, 0) is 34.5 Å². The molecule has 2 N–H and O–H groups in total. The van der Waals surface area contributed by atoms with E-state index in [4.69, 9.17) is 15.2 Å². The van der Waals surface area contributed by atoms with Gasteiger partial charge in [-0.15, -0.1) is 0 Å². The summed E-state index contributed by atoms with van der Waals surface area (Å²) >= 11 is 1.64. The van der Waals surface area contributed by atoms with E-state index in [-0.39, 0.29) is 12.4 Å². The Morgan fingerprint density at radius 3 is 2.90 bits per heavy atom. The molecule has 2 rings (SSSR count). The lowest BCUT2D eigenvalue weighted by atomic mass is 10.3. The number of benzene rings is 1. The number of anilines is 1. The molecular formula is C15H17NO3S. The molecule has 0 aliphatic carbocycles. The number of hydrogen-bond donors (Lipinski definition) is 1. The van der Waals surface area contributed by atoms with E-state index in [1.807, 2.05) is 17.5 Å². The molecule has 0 unspecified atom stereocenters. The fourth-order valence-electron chi connectivity index (χ4n) is 1.65. The van der Waals surface area contributed by atoms with Crippen LogP contribution in [0.15, 0.2) is 41.1 Å². The van der Waals surface area contributed by atoms with Crippen LogP contribution in [-0.4, -0.2) is 19.2 Å². The summed E-state index contributed by atoms with van der Waals surface area (Å²) in [5.74, 6) is 0.417. The van der Waals surface area contributed by atoms with Gasteiger partial charge in [-0.1, -0.05) is 6.07 Å². The maximum atomic E-state index is 11.5. The number of carbonyl (C=O) groups excluding carboxylic acids is 1. The van der Waals surface area contributed by atoms with Gasteiger partial charge in [0.25, 0.3) is 0 Å². The molecule has 1 heterocycles. The van der Waals surface area contributed by atoms with Gasteiger partial charge >= 0.3 is 5.97 Å². The molecule has 20 heavy (non-hydrogen) atoms. The van der Waals surface area contributed by atoms with Gasteiger partial charge in [-0.25, -0.2) is 0 Å². The monoisotopic (exact) mass is 291 g/mol. The number of rotatable bonds is 7. The Kier molecular flexibility index (Phi) is 5.43. The molecule has 4 nitrogen and oxygen atoms in total. The zero-order valence-corrected chi connectivity index (χ0v) is 11.9. The average molecular weight is 291 g/mol. The van der Waals surface area contributed by atoms with Crippen LogP contribution in [0.2, 0.25) is 0 Å². The van der Waals surface area contributed by atoms with Crippen molar-refractivity contribution in [3.8, 4) is 5.75 Å². The van der Waals surface area contributed by atoms with Gasteiger partial charge in [-0.3, -0.25) is 4.79 Å². The smallest absolute Gasteiger partial charge is 0.309 e. The minimum atomic E-state index is -0.246. The van der Waals surface area contributed by atoms with E-state index < -0.39 is 0 Å². The molecule has 0 aliphatic heterocycles. The number of nitrogens with two attached hydrogens (primary N) is 1. The summed E-state index contributed by atoms with van der Waals surface area (Å²) in [6, 6.07) is 9.15. The van der Waals surface area contributed by atoms with Gasteiger partial charge in [0.2, 0.25) is 0 Å². The maximum Gasteiger partial charge on any atom is 0.309 e. The van der Waals surface area contributed by atoms with Crippen LogP contribution in [0.5, 0.6) is 5.75 Å². The number of hydrogen-bond acceptors (Lipinski definition) is 5. The Balaban J connectivity index is 1.60. The van der Waals surface area contributed by atoms with E-state index in [9.17, 15) is 4.79 Å². The van der Waals surface area contributed by atoms with Crippen molar-refractivity contribution >= 4 is 23.0 Å². The van der Waals surface area contributed by atoms with Crippen molar-refractivity contribution in [2.75, 3.05) is 18.9 Å². The van der Waals surface area contributed by atoms with Gasteiger partial charge in [0, 0.05) is 18.2 Å². The third-order valence-electron chi connectivity index (χ3n) is 2.67. The lowest BCUT2D eigenvalue weighted by Gasteiger charge is -2.07. The minimum Gasteiger partial charge on any atom is -0.493 e. The molecule has 5 heteroatoms. The van der Waals surface area contributed by atoms with Crippen LogP contribution in [0.4, 0.5) is 5.69 Å². The molecule has 0 bridgehead atoms. The number of carbonyl (C=O) groups is 1. The lowest BCUT2D eigenvalue weighted by Crippen LogP contribution is -2.11. The Morgan fingerprint density at radius 1 is 1.25 bits per heavy atom. The summed E-state index contributed by atoms with van der Waals surface area (Å²) in [5, 5.41) is 4.06. The molecule has 0 amide bonds. The first kappa shape index (κ1) is 14.4. The maximum absolute atomic E-state index is 11.5.